The summed E-state index contributed by atoms with van der Waals surface area (Å²) in [6, 6.07) is 21.6. The lowest BCUT2D eigenvalue weighted by molar-refractivity contribution is -0.117. The van der Waals surface area contributed by atoms with Gasteiger partial charge in [0, 0.05) is 30.9 Å². The highest BCUT2D eigenvalue weighted by molar-refractivity contribution is 6.17. The zero-order valence-corrected chi connectivity index (χ0v) is 14.6. The number of benzene rings is 2. The minimum atomic E-state index is -0.387. The Hall–Kier alpha value is -2.77. The molecule has 0 radical (unpaired) electrons. The molecular weight excluding hydrogens is 334 g/mol. The molecule has 0 aromatic heterocycles. The first-order valence-corrected chi connectivity index (χ1v) is 8.59. The first kappa shape index (κ1) is 18.6. The number of nitriles is 1. The van der Waals surface area contributed by atoms with E-state index in [1.165, 1.54) is 0 Å². The van der Waals surface area contributed by atoms with E-state index in [2.05, 4.69) is 5.32 Å². The average molecular weight is 354 g/mol. The zero-order chi connectivity index (χ0) is 17.9. The lowest BCUT2D eigenvalue weighted by Crippen LogP contribution is -2.27. The van der Waals surface area contributed by atoms with Crippen LogP contribution in [0.1, 0.15) is 12.0 Å². The molecule has 0 aliphatic carbocycles. The lowest BCUT2D eigenvalue weighted by atomic mass is 10.2. The highest BCUT2D eigenvalue weighted by Gasteiger charge is 2.12. The lowest BCUT2D eigenvalue weighted by Gasteiger charge is -2.21. The maximum atomic E-state index is 12.2. The molecule has 0 atom stereocenters. The summed E-state index contributed by atoms with van der Waals surface area (Å²) in [4.78, 5) is 14.1. The summed E-state index contributed by atoms with van der Waals surface area (Å²) >= 11 is 5.61. The Morgan fingerprint density at radius 1 is 1.12 bits per heavy atom. The average Bonchev–Trinajstić information content (AvgIpc) is 2.66. The number of carbonyl (C=O) groups excluding carboxylic acids is 1. The third kappa shape index (κ3) is 5.98. The second-order valence-corrected chi connectivity index (χ2v) is 5.78. The van der Waals surface area contributed by atoms with Crippen LogP contribution < -0.4 is 10.2 Å². The highest BCUT2D eigenvalue weighted by atomic mass is 35.5. The van der Waals surface area contributed by atoms with E-state index < -0.39 is 0 Å². The molecule has 0 fully saturated rings. The van der Waals surface area contributed by atoms with Crippen molar-refractivity contribution in [2.24, 2.45) is 0 Å². The number of para-hydroxylation sites is 1. The van der Waals surface area contributed by atoms with E-state index in [9.17, 15) is 10.1 Å². The molecule has 25 heavy (non-hydrogen) atoms. The first-order chi connectivity index (χ1) is 12.2. The van der Waals surface area contributed by atoms with Crippen LogP contribution in [0.25, 0.3) is 0 Å². The number of rotatable bonds is 8. The fourth-order valence-electron chi connectivity index (χ4n) is 2.27. The van der Waals surface area contributed by atoms with Gasteiger partial charge in [-0.15, -0.1) is 11.6 Å². The number of halogens is 1. The number of anilines is 1. The Morgan fingerprint density at radius 3 is 2.36 bits per heavy atom. The number of hydrogen-bond acceptors (Lipinski definition) is 3. The SMILES string of the molecule is N#C/C(=C/N(Cc1ccccc1)c1ccccc1)C(=O)NCCCCl. The largest absolute Gasteiger partial charge is 0.351 e. The van der Waals surface area contributed by atoms with Crippen LogP contribution in [0.15, 0.2) is 72.4 Å². The van der Waals surface area contributed by atoms with Crippen molar-refractivity contribution in [3.05, 3.63) is 78.0 Å². The summed E-state index contributed by atoms with van der Waals surface area (Å²) in [6.07, 6.45) is 2.26. The Morgan fingerprint density at radius 2 is 1.76 bits per heavy atom. The van der Waals surface area contributed by atoms with E-state index in [1.807, 2.05) is 71.6 Å². The van der Waals surface area contributed by atoms with Crippen LogP contribution >= 0.6 is 11.6 Å². The highest BCUT2D eigenvalue weighted by Crippen LogP contribution is 2.18. The minimum Gasteiger partial charge on any atom is -0.351 e. The molecule has 1 amide bonds. The molecule has 4 nitrogen and oxygen atoms in total. The van der Waals surface area contributed by atoms with Gasteiger partial charge in [0.2, 0.25) is 0 Å². The molecule has 2 aromatic rings. The molecule has 2 aromatic carbocycles. The van der Waals surface area contributed by atoms with Crippen LogP contribution in [0.4, 0.5) is 5.69 Å². The number of nitrogens with one attached hydrogen (secondary N) is 1. The Bertz CT molecular complexity index is 739. The Labute approximate surface area is 153 Å². The third-order valence-electron chi connectivity index (χ3n) is 3.53. The Balaban J connectivity index is 2.24. The van der Waals surface area contributed by atoms with Gasteiger partial charge >= 0.3 is 0 Å². The van der Waals surface area contributed by atoms with Crippen LogP contribution in [0.5, 0.6) is 0 Å². The quantitative estimate of drug-likeness (QED) is 0.339. The fraction of sp³-hybridized carbons (Fsp3) is 0.200. The summed E-state index contributed by atoms with van der Waals surface area (Å²) in [5.74, 6) is 0.0809. The van der Waals surface area contributed by atoms with E-state index >= 15 is 0 Å². The monoisotopic (exact) mass is 353 g/mol. The van der Waals surface area contributed by atoms with Crippen LogP contribution in [-0.2, 0) is 11.3 Å². The molecule has 0 saturated carbocycles. The molecule has 128 valence electrons. The fourth-order valence-corrected chi connectivity index (χ4v) is 2.40. The molecule has 0 saturated heterocycles. The van der Waals surface area contributed by atoms with E-state index in [1.54, 1.807) is 6.20 Å². The number of hydrogen-bond donors (Lipinski definition) is 1. The zero-order valence-electron chi connectivity index (χ0n) is 13.9. The maximum Gasteiger partial charge on any atom is 0.263 e. The van der Waals surface area contributed by atoms with Gasteiger partial charge in [0.25, 0.3) is 5.91 Å². The van der Waals surface area contributed by atoms with Crippen molar-refractivity contribution in [2.45, 2.75) is 13.0 Å². The van der Waals surface area contributed by atoms with Gasteiger partial charge in [0.15, 0.2) is 0 Å². The normalized spacial score (nSPS) is 10.8. The van der Waals surface area contributed by atoms with Crippen LogP contribution in [0.3, 0.4) is 0 Å². The van der Waals surface area contributed by atoms with E-state index in [-0.39, 0.29) is 11.5 Å². The predicted molar refractivity (Wildman–Crippen MR) is 101 cm³/mol. The number of amides is 1. The van der Waals surface area contributed by atoms with Gasteiger partial charge < -0.3 is 10.2 Å². The molecule has 5 heteroatoms. The van der Waals surface area contributed by atoms with Crippen molar-refractivity contribution in [3.8, 4) is 6.07 Å². The molecule has 0 unspecified atom stereocenters. The smallest absolute Gasteiger partial charge is 0.263 e. The second kappa shape index (κ2) is 10.2. The van der Waals surface area contributed by atoms with Crippen LogP contribution in [-0.4, -0.2) is 18.3 Å². The van der Waals surface area contributed by atoms with Gasteiger partial charge in [0.05, 0.1) is 0 Å². The maximum absolute atomic E-state index is 12.2. The number of alkyl halides is 1. The number of carbonyl (C=O) groups is 1. The van der Waals surface area contributed by atoms with Gasteiger partial charge in [0.1, 0.15) is 11.6 Å². The van der Waals surface area contributed by atoms with Crippen molar-refractivity contribution in [3.63, 3.8) is 0 Å². The van der Waals surface area contributed by atoms with Gasteiger partial charge in [-0.05, 0) is 24.1 Å². The molecule has 0 spiro atoms. The minimum absolute atomic E-state index is 0.0642. The van der Waals surface area contributed by atoms with Crippen molar-refractivity contribution < 1.29 is 4.79 Å². The van der Waals surface area contributed by atoms with E-state index in [0.29, 0.717) is 25.4 Å². The third-order valence-corrected chi connectivity index (χ3v) is 3.80. The van der Waals surface area contributed by atoms with Crippen molar-refractivity contribution >= 4 is 23.2 Å². The van der Waals surface area contributed by atoms with Crippen molar-refractivity contribution in [1.29, 1.82) is 5.26 Å². The predicted octanol–water partition coefficient (Wildman–Crippen LogP) is 3.85. The topological polar surface area (TPSA) is 56.1 Å². The summed E-state index contributed by atoms with van der Waals surface area (Å²) in [6.45, 7) is 1.01. The first-order valence-electron chi connectivity index (χ1n) is 8.06. The summed E-state index contributed by atoms with van der Waals surface area (Å²) in [5.41, 5.74) is 2.06. The molecule has 1 N–H and O–H groups in total. The van der Waals surface area contributed by atoms with Crippen LogP contribution in [0, 0.1) is 11.3 Å². The number of nitrogens with zero attached hydrogens (tertiary/aromatic N) is 2. The van der Waals surface area contributed by atoms with Gasteiger partial charge in [-0.25, -0.2) is 0 Å². The summed E-state index contributed by atoms with van der Waals surface area (Å²) < 4.78 is 0. The summed E-state index contributed by atoms with van der Waals surface area (Å²) in [5, 5.41) is 12.1. The van der Waals surface area contributed by atoms with Crippen LogP contribution in [0.2, 0.25) is 0 Å². The molecular formula is C20H20ClN3O. The van der Waals surface area contributed by atoms with E-state index in [4.69, 9.17) is 11.6 Å². The molecule has 0 aliphatic rings. The van der Waals surface area contributed by atoms with Gasteiger partial charge in [-0.2, -0.15) is 5.26 Å². The van der Waals surface area contributed by atoms with Gasteiger partial charge in [-0.1, -0.05) is 48.5 Å². The molecule has 2 rings (SSSR count). The van der Waals surface area contributed by atoms with Crippen molar-refractivity contribution in [2.75, 3.05) is 17.3 Å². The molecule has 0 bridgehead atoms. The molecule has 0 heterocycles. The van der Waals surface area contributed by atoms with E-state index in [0.717, 1.165) is 11.3 Å². The second-order valence-electron chi connectivity index (χ2n) is 5.40. The van der Waals surface area contributed by atoms with Crippen molar-refractivity contribution in [1.82, 2.24) is 5.32 Å². The van der Waals surface area contributed by atoms with Gasteiger partial charge in [-0.3, -0.25) is 4.79 Å². The molecule has 0 aliphatic heterocycles. The Kier molecular flexibility index (Phi) is 7.55. The summed E-state index contributed by atoms with van der Waals surface area (Å²) in [7, 11) is 0. The standard InChI is InChI=1S/C20H20ClN3O/c21-12-7-13-23-20(25)18(14-22)16-24(19-10-5-2-6-11-19)15-17-8-3-1-4-9-17/h1-6,8-11,16H,7,12-13,15H2,(H,23,25)/b18-16-.